The molecule has 0 fully saturated rings. The molecular formula is C26H19F4N3O4S. The van der Waals surface area contributed by atoms with Crippen LogP contribution in [0.25, 0.3) is 10.9 Å². The molecule has 0 aliphatic rings. The van der Waals surface area contributed by atoms with Gasteiger partial charge in [0.2, 0.25) is 5.91 Å². The second kappa shape index (κ2) is 11.3. The van der Waals surface area contributed by atoms with Gasteiger partial charge in [-0.3, -0.25) is 9.78 Å². The predicted molar refractivity (Wildman–Crippen MR) is 136 cm³/mol. The number of halogens is 4. The molecule has 4 aromatic rings. The normalized spacial score (nSPS) is 10.7. The first kappa shape index (κ1) is 26.6. The summed E-state index contributed by atoms with van der Waals surface area (Å²) in [5.41, 5.74) is -0.285. The van der Waals surface area contributed by atoms with E-state index in [4.69, 9.17) is 26.4 Å². The lowest BCUT2D eigenvalue weighted by molar-refractivity contribution is -0.119. The molecule has 0 spiro atoms. The van der Waals surface area contributed by atoms with Gasteiger partial charge in [0.05, 0.1) is 31.8 Å². The first-order valence-corrected chi connectivity index (χ1v) is 11.3. The van der Waals surface area contributed by atoms with E-state index in [0.717, 1.165) is 6.07 Å². The molecule has 38 heavy (non-hydrogen) atoms. The Bertz CT molecular complexity index is 1550. The molecule has 3 aromatic carbocycles. The van der Waals surface area contributed by atoms with Gasteiger partial charge in [0.1, 0.15) is 23.1 Å². The van der Waals surface area contributed by atoms with Gasteiger partial charge in [0.25, 0.3) is 0 Å². The van der Waals surface area contributed by atoms with Crippen LogP contribution in [0.4, 0.5) is 23.2 Å². The van der Waals surface area contributed by atoms with Crippen LogP contribution in [0.2, 0.25) is 0 Å². The maximum absolute atomic E-state index is 14.8. The molecule has 0 unspecified atom stereocenters. The topological polar surface area (TPSA) is 81.7 Å². The number of nitrogens with one attached hydrogen (secondary N) is 2. The average molecular weight is 546 g/mol. The summed E-state index contributed by atoms with van der Waals surface area (Å²) in [5, 5.41) is 4.92. The highest BCUT2D eigenvalue weighted by atomic mass is 32.1. The van der Waals surface area contributed by atoms with Crippen LogP contribution in [0, 0.1) is 23.3 Å². The largest absolute Gasteiger partial charge is 0.493 e. The van der Waals surface area contributed by atoms with Crippen molar-refractivity contribution < 1.29 is 36.6 Å². The van der Waals surface area contributed by atoms with Gasteiger partial charge in [-0.25, -0.2) is 17.6 Å². The fourth-order valence-corrected chi connectivity index (χ4v) is 3.76. The molecule has 2 N–H and O–H groups in total. The lowest BCUT2D eigenvalue weighted by Crippen LogP contribution is -2.35. The summed E-state index contributed by atoms with van der Waals surface area (Å²) < 4.78 is 72.1. The minimum Gasteiger partial charge on any atom is -0.493 e. The Morgan fingerprint density at radius 3 is 2.32 bits per heavy atom. The number of benzene rings is 3. The lowest BCUT2D eigenvalue weighted by Gasteiger charge is -2.14. The van der Waals surface area contributed by atoms with E-state index in [9.17, 15) is 22.4 Å². The Morgan fingerprint density at radius 2 is 1.61 bits per heavy atom. The van der Waals surface area contributed by atoms with E-state index in [-0.39, 0.29) is 16.5 Å². The molecule has 0 atom stereocenters. The third-order valence-electron chi connectivity index (χ3n) is 5.35. The molecule has 0 saturated heterocycles. The number of fused-ring (bicyclic) bond motifs is 1. The molecule has 0 radical (unpaired) electrons. The number of pyridine rings is 1. The van der Waals surface area contributed by atoms with Crippen molar-refractivity contribution in [2.24, 2.45) is 0 Å². The van der Waals surface area contributed by atoms with E-state index in [0.29, 0.717) is 40.3 Å². The average Bonchev–Trinajstić information content (AvgIpc) is 2.89. The number of hydrogen-bond donors (Lipinski definition) is 2. The smallest absolute Gasteiger partial charge is 0.230 e. The Hall–Kier alpha value is -4.45. The molecule has 0 aliphatic heterocycles. The van der Waals surface area contributed by atoms with Gasteiger partial charge in [-0.2, -0.15) is 0 Å². The summed E-state index contributed by atoms with van der Waals surface area (Å²) in [6.07, 6.45) is 0.710. The van der Waals surface area contributed by atoms with Crippen molar-refractivity contribution in [2.45, 2.75) is 6.42 Å². The third-order valence-corrected chi connectivity index (χ3v) is 5.56. The number of ether oxygens (including phenoxy) is 3. The van der Waals surface area contributed by atoms with Crippen LogP contribution < -0.4 is 24.8 Å². The Balaban J connectivity index is 1.45. The van der Waals surface area contributed by atoms with Gasteiger partial charge in [-0.05, 0) is 48.6 Å². The van der Waals surface area contributed by atoms with Gasteiger partial charge < -0.3 is 24.8 Å². The molecule has 7 nitrogen and oxygen atoms in total. The van der Waals surface area contributed by atoms with E-state index in [1.165, 1.54) is 32.5 Å². The van der Waals surface area contributed by atoms with Crippen LogP contribution in [0.3, 0.4) is 0 Å². The number of aromatic nitrogens is 1. The minimum atomic E-state index is -1.47. The standard InChI is InChI=1S/C26H19F4N3O4S/c1-35-22-10-15-20(12-23(22)36-2)31-8-7-21(15)37-13-3-6-19(18(29)9-13)32-26(38)33-24(34)11-14-16(27)4-5-17(28)25(14)30/h3-10,12H,11H2,1-2H3,(H2,32,33,34,38). The molecular weight excluding hydrogens is 526 g/mol. The zero-order chi connectivity index (χ0) is 27.4. The van der Waals surface area contributed by atoms with Crippen molar-refractivity contribution in [1.29, 1.82) is 0 Å². The van der Waals surface area contributed by atoms with Gasteiger partial charge in [-0.1, -0.05) is 0 Å². The van der Waals surface area contributed by atoms with Crippen molar-refractivity contribution in [3.8, 4) is 23.0 Å². The quantitative estimate of drug-likeness (QED) is 0.176. The fraction of sp³-hybridized carbons (Fsp3) is 0.115. The number of anilines is 1. The van der Waals surface area contributed by atoms with Gasteiger partial charge in [0.15, 0.2) is 28.2 Å². The van der Waals surface area contributed by atoms with Crippen molar-refractivity contribution in [1.82, 2.24) is 10.3 Å². The Kier molecular flexibility index (Phi) is 7.91. The van der Waals surface area contributed by atoms with Crippen LogP contribution in [0.5, 0.6) is 23.0 Å². The molecule has 196 valence electrons. The second-order valence-corrected chi connectivity index (χ2v) is 8.19. The predicted octanol–water partition coefficient (Wildman–Crippen LogP) is 5.66. The van der Waals surface area contributed by atoms with Gasteiger partial charge in [0, 0.05) is 29.3 Å². The van der Waals surface area contributed by atoms with Gasteiger partial charge in [-0.15, -0.1) is 0 Å². The van der Waals surface area contributed by atoms with E-state index in [1.54, 1.807) is 18.2 Å². The molecule has 0 bridgehead atoms. The van der Waals surface area contributed by atoms with Crippen molar-refractivity contribution >= 4 is 39.8 Å². The van der Waals surface area contributed by atoms with E-state index in [2.05, 4.69) is 15.6 Å². The van der Waals surface area contributed by atoms with Crippen LogP contribution >= 0.6 is 12.2 Å². The van der Waals surface area contributed by atoms with Crippen molar-refractivity contribution in [3.05, 3.63) is 83.6 Å². The third kappa shape index (κ3) is 5.75. The highest BCUT2D eigenvalue weighted by molar-refractivity contribution is 7.80. The summed E-state index contributed by atoms with van der Waals surface area (Å²) in [6.45, 7) is 0. The molecule has 0 saturated carbocycles. The van der Waals surface area contributed by atoms with Crippen molar-refractivity contribution in [3.63, 3.8) is 0 Å². The zero-order valence-electron chi connectivity index (χ0n) is 19.9. The number of carbonyl (C=O) groups is 1. The molecule has 1 heterocycles. The molecule has 4 rings (SSSR count). The fourth-order valence-electron chi connectivity index (χ4n) is 3.54. The maximum atomic E-state index is 14.8. The maximum Gasteiger partial charge on any atom is 0.230 e. The lowest BCUT2D eigenvalue weighted by atomic mass is 10.1. The summed E-state index contributed by atoms with van der Waals surface area (Å²) in [6, 6.07) is 10.2. The van der Waals surface area contributed by atoms with E-state index >= 15 is 0 Å². The number of thiocarbonyl (C=S) groups is 1. The van der Waals surface area contributed by atoms with E-state index < -0.39 is 41.2 Å². The van der Waals surface area contributed by atoms with E-state index in [1.807, 2.05) is 0 Å². The Morgan fingerprint density at radius 1 is 0.895 bits per heavy atom. The summed E-state index contributed by atoms with van der Waals surface area (Å²) in [4.78, 5) is 16.4. The number of methoxy groups -OCH3 is 2. The van der Waals surface area contributed by atoms with Crippen LogP contribution in [0.1, 0.15) is 5.56 Å². The summed E-state index contributed by atoms with van der Waals surface area (Å²) in [7, 11) is 3.00. The van der Waals surface area contributed by atoms with Crippen molar-refractivity contribution in [2.75, 3.05) is 19.5 Å². The van der Waals surface area contributed by atoms with Crippen LogP contribution in [0.15, 0.2) is 54.7 Å². The number of carbonyl (C=O) groups excluding carboxylic acids is 1. The molecule has 12 heteroatoms. The number of rotatable bonds is 7. The molecule has 0 aliphatic carbocycles. The van der Waals surface area contributed by atoms with Gasteiger partial charge >= 0.3 is 0 Å². The molecule has 1 aromatic heterocycles. The second-order valence-electron chi connectivity index (χ2n) is 7.78. The van der Waals surface area contributed by atoms with Crippen LogP contribution in [-0.2, 0) is 11.2 Å². The highest BCUT2D eigenvalue weighted by Gasteiger charge is 2.18. The first-order chi connectivity index (χ1) is 18.2. The molecule has 1 amide bonds. The highest BCUT2D eigenvalue weighted by Crippen LogP contribution is 2.37. The number of nitrogens with zero attached hydrogens (tertiary/aromatic N) is 1. The Labute approximate surface area is 219 Å². The zero-order valence-corrected chi connectivity index (χ0v) is 20.7. The first-order valence-electron chi connectivity index (χ1n) is 10.9. The summed E-state index contributed by atoms with van der Waals surface area (Å²) in [5.74, 6) is -4.06. The summed E-state index contributed by atoms with van der Waals surface area (Å²) >= 11 is 4.98. The minimum absolute atomic E-state index is 0.100. The number of hydrogen-bond acceptors (Lipinski definition) is 6. The monoisotopic (exact) mass is 545 g/mol. The number of amides is 1. The van der Waals surface area contributed by atoms with Crippen LogP contribution in [-0.4, -0.2) is 30.2 Å². The SMILES string of the molecule is COc1cc2nccc(Oc3ccc(NC(=S)NC(=O)Cc4c(F)ccc(F)c4F)c(F)c3)c2cc1OC.